The number of hydrogen-bond donors (Lipinski definition) is 0. The third kappa shape index (κ3) is 2.16. The lowest BCUT2D eigenvalue weighted by Gasteiger charge is -2.22. The van der Waals surface area contributed by atoms with Crippen molar-refractivity contribution in [3.05, 3.63) is 29.8 Å². The van der Waals surface area contributed by atoms with Gasteiger partial charge in [-0.3, -0.25) is 4.90 Å². The molecule has 0 spiro atoms. The first-order valence-corrected chi connectivity index (χ1v) is 5.83. The summed E-state index contributed by atoms with van der Waals surface area (Å²) in [6.45, 7) is 1.97. The van der Waals surface area contributed by atoms with Crippen molar-refractivity contribution < 1.29 is 8.81 Å². The van der Waals surface area contributed by atoms with E-state index in [1.54, 1.807) is 12.3 Å². The van der Waals surface area contributed by atoms with Crippen LogP contribution in [0.2, 0.25) is 0 Å². The zero-order valence-corrected chi connectivity index (χ0v) is 9.16. The molecule has 0 aromatic carbocycles. The highest BCUT2D eigenvalue weighted by Gasteiger charge is 2.28. The van der Waals surface area contributed by atoms with Gasteiger partial charge in [0.05, 0.1) is 19.3 Å². The average Bonchev–Trinajstić information content (AvgIpc) is 3.01. The first-order chi connectivity index (χ1) is 7.81. The van der Waals surface area contributed by atoms with Gasteiger partial charge >= 0.3 is 0 Å². The van der Waals surface area contributed by atoms with Crippen LogP contribution in [0, 0.1) is 0 Å². The summed E-state index contributed by atoms with van der Waals surface area (Å²) >= 11 is 0. The van der Waals surface area contributed by atoms with E-state index in [9.17, 15) is 4.39 Å². The summed E-state index contributed by atoms with van der Waals surface area (Å²) in [4.78, 5) is 6.31. The van der Waals surface area contributed by atoms with Gasteiger partial charge in [-0.2, -0.15) is 0 Å². The molecule has 1 aliphatic carbocycles. The summed E-state index contributed by atoms with van der Waals surface area (Å²) in [5.74, 6) is 2.24. The average molecular weight is 222 g/mol. The second-order valence-electron chi connectivity index (χ2n) is 4.59. The number of rotatable bonds is 3. The van der Waals surface area contributed by atoms with E-state index >= 15 is 0 Å². The summed E-state index contributed by atoms with van der Waals surface area (Å²) in [5, 5.41) is 0. The Kier molecular flexibility index (Phi) is 2.52. The Morgan fingerprint density at radius 3 is 3.12 bits per heavy atom. The molecule has 0 N–H and O–H groups in total. The van der Waals surface area contributed by atoms with Crippen LogP contribution < -0.4 is 0 Å². The fraction of sp³-hybridized carbons (Fsp3) is 0.583. The number of nitrogens with zero attached hydrogens (tertiary/aromatic N) is 2. The van der Waals surface area contributed by atoms with Crippen molar-refractivity contribution in [2.75, 3.05) is 13.1 Å². The fourth-order valence-electron chi connectivity index (χ4n) is 2.03. The first kappa shape index (κ1) is 10.0. The number of aromatic nitrogens is 1. The van der Waals surface area contributed by atoms with Gasteiger partial charge in [-0.05, 0) is 19.3 Å². The molecule has 0 amide bonds. The molecule has 86 valence electrons. The minimum Gasteiger partial charge on any atom is -0.444 e. The van der Waals surface area contributed by atoms with Crippen LogP contribution in [0.15, 0.2) is 22.5 Å². The SMILES string of the molecule is FC1=CCCN(Cc2cnc(C3CC3)o2)C1. The molecule has 1 aromatic heterocycles. The van der Waals surface area contributed by atoms with Crippen LogP contribution in [0.3, 0.4) is 0 Å². The van der Waals surface area contributed by atoms with Crippen LogP contribution in [0.4, 0.5) is 4.39 Å². The van der Waals surface area contributed by atoms with Gasteiger partial charge in [-0.1, -0.05) is 6.08 Å². The first-order valence-electron chi connectivity index (χ1n) is 5.83. The zero-order chi connectivity index (χ0) is 11.0. The minimum atomic E-state index is -0.0341. The maximum Gasteiger partial charge on any atom is 0.197 e. The van der Waals surface area contributed by atoms with Crippen molar-refractivity contribution in [3.63, 3.8) is 0 Å². The molecule has 2 heterocycles. The third-order valence-corrected chi connectivity index (χ3v) is 3.06. The van der Waals surface area contributed by atoms with Gasteiger partial charge in [-0.15, -0.1) is 0 Å². The second-order valence-corrected chi connectivity index (χ2v) is 4.59. The van der Waals surface area contributed by atoms with Gasteiger partial charge in [0.25, 0.3) is 0 Å². The molecule has 2 aliphatic rings. The molecule has 0 unspecified atom stereocenters. The summed E-state index contributed by atoms with van der Waals surface area (Å²) in [7, 11) is 0. The van der Waals surface area contributed by atoms with E-state index in [2.05, 4.69) is 4.98 Å². The van der Waals surface area contributed by atoms with E-state index in [0.29, 0.717) is 19.0 Å². The Bertz CT molecular complexity index is 409. The smallest absolute Gasteiger partial charge is 0.197 e. The van der Waals surface area contributed by atoms with Crippen molar-refractivity contribution in [1.82, 2.24) is 9.88 Å². The molecular formula is C12H15FN2O. The molecule has 0 radical (unpaired) electrons. The van der Waals surface area contributed by atoms with E-state index in [0.717, 1.165) is 24.6 Å². The number of hydrogen-bond acceptors (Lipinski definition) is 3. The standard InChI is InChI=1S/C12H15FN2O/c13-10-2-1-5-15(7-10)8-11-6-14-12(16-11)9-3-4-9/h2,6,9H,1,3-5,7-8H2. The molecule has 1 aliphatic heterocycles. The van der Waals surface area contributed by atoms with Gasteiger partial charge in [-0.25, -0.2) is 9.37 Å². The fourth-order valence-corrected chi connectivity index (χ4v) is 2.03. The Labute approximate surface area is 94.0 Å². The molecule has 0 atom stereocenters. The van der Waals surface area contributed by atoms with Crippen LogP contribution in [-0.2, 0) is 6.54 Å². The number of oxazole rings is 1. The van der Waals surface area contributed by atoms with Crippen LogP contribution in [0.1, 0.15) is 36.8 Å². The molecule has 1 saturated carbocycles. The highest BCUT2D eigenvalue weighted by atomic mass is 19.1. The molecule has 3 rings (SSSR count). The molecule has 0 bridgehead atoms. The van der Waals surface area contributed by atoms with Gasteiger partial charge in [0.2, 0.25) is 0 Å². The zero-order valence-electron chi connectivity index (χ0n) is 9.16. The highest BCUT2D eigenvalue weighted by molar-refractivity contribution is 5.06. The van der Waals surface area contributed by atoms with Gasteiger partial charge in [0.1, 0.15) is 11.6 Å². The van der Waals surface area contributed by atoms with E-state index in [4.69, 9.17) is 4.42 Å². The van der Waals surface area contributed by atoms with E-state index in [1.807, 2.05) is 4.90 Å². The van der Waals surface area contributed by atoms with E-state index in [-0.39, 0.29) is 5.83 Å². The lowest BCUT2D eigenvalue weighted by molar-refractivity contribution is 0.237. The van der Waals surface area contributed by atoms with Crippen LogP contribution in [0.25, 0.3) is 0 Å². The maximum absolute atomic E-state index is 13.1. The maximum atomic E-state index is 13.1. The van der Waals surface area contributed by atoms with Crippen molar-refractivity contribution >= 4 is 0 Å². The molecule has 1 fully saturated rings. The largest absolute Gasteiger partial charge is 0.444 e. The van der Waals surface area contributed by atoms with Gasteiger partial charge in [0, 0.05) is 12.5 Å². The van der Waals surface area contributed by atoms with Crippen LogP contribution in [0.5, 0.6) is 0 Å². The quantitative estimate of drug-likeness (QED) is 0.787. The summed E-state index contributed by atoms with van der Waals surface area (Å²) < 4.78 is 18.7. The number of halogens is 1. The summed E-state index contributed by atoms with van der Waals surface area (Å²) in [6.07, 6.45) is 6.62. The van der Waals surface area contributed by atoms with Crippen LogP contribution >= 0.6 is 0 Å². The van der Waals surface area contributed by atoms with Gasteiger partial charge < -0.3 is 4.42 Å². The van der Waals surface area contributed by atoms with Gasteiger partial charge in [0.15, 0.2) is 5.89 Å². The molecule has 0 saturated heterocycles. The Morgan fingerprint density at radius 1 is 1.50 bits per heavy atom. The molecule has 16 heavy (non-hydrogen) atoms. The predicted octanol–water partition coefficient (Wildman–Crippen LogP) is 2.61. The summed E-state index contributed by atoms with van der Waals surface area (Å²) in [6, 6.07) is 0. The Hall–Kier alpha value is -1.16. The highest BCUT2D eigenvalue weighted by Crippen LogP contribution is 2.39. The molecular weight excluding hydrogens is 207 g/mol. The van der Waals surface area contributed by atoms with Crippen molar-refractivity contribution in [2.24, 2.45) is 0 Å². The minimum absolute atomic E-state index is 0.0341. The second kappa shape index (κ2) is 4.01. The Balaban J connectivity index is 1.62. The lowest BCUT2D eigenvalue weighted by atomic mass is 10.2. The van der Waals surface area contributed by atoms with Crippen LogP contribution in [-0.4, -0.2) is 23.0 Å². The van der Waals surface area contributed by atoms with E-state index in [1.165, 1.54) is 12.8 Å². The van der Waals surface area contributed by atoms with Crippen molar-refractivity contribution in [3.8, 4) is 0 Å². The molecule has 1 aromatic rings. The summed E-state index contributed by atoms with van der Waals surface area (Å²) in [5.41, 5.74) is 0. The topological polar surface area (TPSA) is 29.3 Å². The molecule has 4 heteroatoms. The monoisotopic (exact) mass is 222 g/mol. The normalized spacial score (nSPS) is 22.2. The predicted molar refractivity (Wildman–Crippen MR) is 57.6 cm³/mol. The van der Waals surface area contributed by atoms with E-state index < -0.39 is 0 Å². The third-order valence-electron chi connectivity index (χ3n) is 3.06. The molecule has 3 nitrogen and oxygen atoms in total. The van der Waals surface area contributed by atoms with Crippen molar-refractivity contribution in [2.45, 2.75) is 31.7 Å². The lowest BCUT2D eigenvalue weighted by Crippen LogP contribution is -2.28. The Morgan fingerprint density at radius 2 is 2.38 bits per heavy atom. The van der Waals surface area contributed by atoms with Crippen molar-refractivity contribution in [1.29, 1.82) is 0 Å².